The minimum atomic E-state index is 0.439. The Morgan fingerprint density at radius 1 is 1.22 bits per heavy atom. The van der Waals surface area contributed by atoms with Crippen molar-refractivity contribution in [2.24, 2.45) is 5.92 Å². The zero-order valence-corrected chi connectivity index (χ0v) is 14.5. The maximum atomic E-state index is 10.5. The van der Waals surface area contributed by atoms with Gasteiger partial charge in [0.2, 0.25) is 0 Å². The molecule has 1 aliphatic carbocycles. The van der Waals surface area contributed by atoms with Crippen LogP contribution in [0.1, 0.15) is 55.6 Å². The van der Waals surface area contributed by atoms with Gasteiger partial charge in [-0.05, 0) is 67.5 Å². The molecule has 124 valence electrons. The van der Waals surface area contributed by atoms with Crippen LogP contribution in [0.2, 0.25) is 0 Å². The largest absolute Gasteiger partial charge is 0.508 e. The van der Waals surface area contributed by atoms with E-state index in [1.54, 1.807) is 0 Å². The van der Waals surface area contributed by atoms with Gasteiger partial charge in [0, 0.05) is 13.6 Å². The zero-order chi connectivity index (χ0) is 16.2. The molecular formula is C21H29NO. The van der Waals surface area contributed by atoms with Gasteiger partial charge in [0.1, 0.15) is 5.75 Å². The van der Waals surface area contributed by atoms with Gasteiger partial charge in [-0.15, -0.1) is 0 Å². The lowest BCUT2D eigenvalue weighted by Gasteiger charge is -2.32. The van der Waals surface area contributed by atoms with Gasteiger partial charge in [-0.3, -0.25) is 0 Å². The molecule has 0 bridgehead atoms. The number of rotatable bonds is 4. The molecule has 2 aliphatic rings. The molecule has 23 heavy (non-hydrogen) atoms. The summed E-state index contributed by atoms with van der Waals surface area (Å²) in [4.78, 5) is 2.20. The standard InChI is InChI=1S/C21H29NO/c1-16-8-9-21(23)20(14-16)19(18-6-4-3-5-7-18)15-17-10-12-22(2)13-11-17/h8-12,14,18-19,23H,3-7,13,15H2,1-2H3. The number of aryl methyl sites for hydroxylation is 1. The maximum absolute atomic E-state index is 10.5. The molecule has 1 saturated carbocycles. The Morgan fingerprint density at radius 3 is 2.70 bits per heavy atom. The fourth-order valence-electron chi connectivity index (χ4n) is 4.06. The minimum Gasteiger partial charge on any atom is -0.508 e. The van der Waals surface area contributed by atoms with E-state index in [1.807, 2.05) is 12.1 Å². The molecule has 2 heteroatoms. The monoisotopic (exact) mass is 311 g/mol. The van der Waals surface area contributed by atoms with Crippen LogP contribution in [0, 0.1) is 12.8 Å². The summed E-state index contributed by atoms with van der Waals surface area (Å²) in [6.07, 6.45) is 14.4. The quantitative estimate of drug-likeness (QED) is 0.832. The first-order valence-corrected chi connectivity index (χ1v) is 9.00. The van der Waals surface area contributed by atoms with E-state index in [9.17, 15) is 5.11 Å². The first-order chi connectivity index (χ1) is 11.1. The number of allylic oxidation sites excluding steroid dienone is 2. The second-order valence-corrected chi connectivity index (χ2v) is 7.31. The molecule has 0 amide bonds. The molecule has 1 aromatic carbocycles. The van der Waals surface area contributed by atoms with E-state index in [1.165, 1.54) is 43.2 Å². The Bertz CT molecular complexity index is 596. The van der Waals surface area contributed by atoms with E-state index in [-0.39, 0.29) is 0 Å². The van der Waals surface area contributed by atoms with Crippen molar-refractivity contribution in [1.82, 2.24) is 4.90 Å². The number of likely N-dealkylation sites (N-methyl/N-ethyl adjacent to an activating group) is 1. The molecule has 0 aromatic heterocycles. The predicted molar refractivity (Wildman–Crippen MR) is 96.6 cm³/mol. The highest BCUT2D eigenvalue weighted by Crippen LogP contribution is 2.43. The van der Waals surface area contributed by atoms with Crippen LogP contribution in [0.25, 0.3) is 0 Å². The van der Waals surface area contributed by atoms with E-state index in [0.29, 0.717) is 17.6 Å². The van der Waals surface area contributed by atoms with Gasteiger partial charge < -0.3 is 10.0 Å². The van der Waals surface area contributed by atoms with Crippen LogP contribution < -0.4 is 0 Å². The molecular weight excluding hydrogens is 282 g/mol. The van der Waals surface area contributed by atoms with Crippen LogP contribution in [0.3, 0.4) is 0 Å². The Morgan fingerprint density at radius 2 is 2.00 bits per heavy atom. The van der Waals surface area contributed by atoms with E-state index in [0.717, 1.165) is 18.5 Å². The van der Waals surface area contributed by atoms with Crippen LogP contribution >= 0.6 is 0 Å². The Kier molecular flexibility index (Phi) is 5.09. The van der Waals surface area contributed by atoms with Crippen LogP contribution in [0.5, 0.6) is 5.75 Å². The SMILES string of the molecule is Cc1ccc(O)c(C(CC2=CCN(C)C=C2)C2CCCCC2)c1. The number of phenolic OH excluding ortho intramolecular Hbond substituents is 1. The first-order valence-electron chi connectivity index (χ1n) is 9.00. The molecule has 1 aromatic rings. The summed E-state index contributed by atoms with van der Waals surface area (Å²) in [5.74, 6) is 1.61. The van der Waals surface area contributed by atoms with Gasteiger partial charge >= 0.3 is 0 Å². The van der Waals surface area contributed by atoms with Crippen molar-refractivity contribution in [2.75, 3.05) is 13.6 Å². The Labute approximate surface area is 140 Å². The number of aromatic hydroxyl groups is 1. The second-order valence-electron chi connectivity index (χ2n) is 7.31. The molecule has 1 N–H and O–H groups in total. The van der Waals surface area contributed by atoms with E-state index in [2.05, 4.69) is 43.3 Å². The summed E-state index contributed by atoms with van der Waals surface area (Å²) in [7, 11) is 2.11. The molecule has 1 atom stereocenters. The lowest BCUT2D eigenvalue weighted by molar-refractivity contribution is 0.297. The lowest BCUT2D eigenvalue weighted by atomic mass is 9.73. The number of phenols is 1. The third-order valence-electron chi connectivity index (χ3n) is 5.44. The van der Waals surface area contributed by atoms with Crippen molar-refractivity contribution in [1.29, 1.82) is 0 Å². The van der Waals surface area contributed by atoms with Gasteiger partial charge in [0.15, 0.2) is 0 Å². The maximum Gasteiger partial charge on any atom is 0.119 e. The normalized spacial score (nSPS) is 20.4. The third kappa shape index (κ3) is 3.99. The highest BCUT2D eigenvalue weighted by Gasteiger charge is 2.27. The summed E-state index contributed by atoms with van der Waals surface area (Å²) in [6, 6.07) is 6.08. The summed E-state index contributed by atoms with van der Waals surface area (Å²) in [6.45, 7) is 3.11. The van der Waals surface area contributed by atoms with Crippen molar-refractivity contribution >= 4 is 0 Å². The topological polar surface area (TPSA) is 23.5 Å². The van der Waals surface area contributed by atoms with Gasteiger partial charge in [0.25, 0.3) is 0 Å². The van der Waals surface area contributed by atoms with Crippen LogP contribution in [0.15, 0.2) is 42.1 Å². The molecule has 1 fully saturated rings. The zero-order valence-electron chi connectivity index (χ0n) is 14.5. The number of hydrogen-bond donors (Lipinski definition) is 1. The van der Waals surface area contributed by atoms with Crippen molar-refractivity contribution < 1.29 is 5.11 Å². The fraction of sp³-hybridized carbons (Fsp3) is 0.524. The fourth-order valence-corrected chi connectivity index (χ4v) is 4.06. The molecule has 0 saturated heterocycles. The average molecular weight is 311 g/mol. The van der Waals surface area contributed by atoms with Crippen LogP contribution in [-0.4, -0.2) is 23.6 Å². The predicted octanol–water partition coefficient (Wildman–Crippen LogP) is 5.14. The van der Waals surface area contributed by atoms with Gasteiger partial charge in [0.05, 0.1) is 0 Å². The highest BCUT2D eigenvalue weighted by molar-refractivity contribution is 5.40. The van der Waals surface area contributed by atoms with Gasteiger partial charge in [-0.2, -0.15) is 0 Å². The molecule has 1 heterocycles. The Balaban J connectivity index is 1.87. The smallest absolute Gasteiger partial charge is 0.119 e. The second kappa shape index (κ2) is 7.25. The number of nitrogens with zero attached hydrogens (tertiary/aromatic N) is 1. The van der Waals surface area contributed by atoms with Gasteiger partial charge in [-0.25, -0.2) is 0 Å². The van der Waals surface area contributed by atoms with Gasteiger partial charge in [-0.1, -0.05) is 43.0 Å². The lowest BCUT2D eigenvalue weighted by Crippen LogP contribution is -2.19. The Hall–Kier alpha value is -1.70. The molecule has 0 radical (unpaired) electrons. The van der Waals surface area contributed by atoms with Crippen molar-refractivity contribution in [3.05, 3.63) is 53.3 Å². The molecule has 1 unspecified atom stereocenters. The molecule has 3 rings (SSSR count). The van der Waals surface area contributed by atoms with Crippen LogP contribution in [0.4, 0.5) is 0 Å². The van der Waals surface area contributed by atoms with E-state index in [4.69, 9.17) is 0 Å². The van der Waals surface area contributed by atoms with E-state index < -0.39 is 0 Å². The van der Waals surface area contributed by atoms with Crippen LogP contribution in [-0.2, 0) is 0 Å². The molecule has 2 nitrogen and oxygen atoms in total. The highest BCUT2D eigenvalue weighted by atomic mass is 16.3. The summed E-state index contributed by atoms with van der Waals surface area (Å²) in [5.41, 5.74) is 3.82. The summed E-state index contributed by atoms with van der Waals surface area (Å²) < 4.78 is 0. The minimum absolute atomic E-state index is 0.439. The summed E-state index contributed by atoms with van der Waals surface area (Å²) in [5, 5.41) is 10.5. The average Bonchev–Trinajstić information content (AvgIpc) is 2.57. The third-order valence-corrected chi connectivity index (χ3v) is 5.44. The summed E-state index contributed by atoms with van der Waals surface area (Å²) >= 11 is 0. The first kappa shape index (κ1) is 16.2. The number of hydrogen-bond acceptors (Lipinski definition) is 2. The van der Waals surface area contributed by atoms with Crippen molar-refractivity contribution in [3.8, 4) is 5.75 Å². The molecule has 0 spiro atoms. The number of benzene rings is 1. The van der Waals surface area contributed by atoms with E-state index >= 15 is 0 Å². The van der Waals surface area contributed by atoms with Crippen molar-refractivity contribution in [2.45, 2.75) is 51.4 Å². The van der Waals surface area contributed by atoms with Crippen molar-refractivity contribution in [3.63, 3.8) is 0 Å². The molecule has 1 aliphatic heterocycles.